The fourth-order valence-corrected chi connectivity index (χ4v) is 1.13. The van der Waals surface area contributed by atoms with Gasteiger partial charge in [-0.15, -0.1) is 5.10 Å². The Balaban J connectivity index is 2.51. The average Bonchev–Trinajstić information content (AvgIpc) is 2.74. The Morgan fingerprint density at radius 3 is 2.87 bits per heavy atom. The molecule has 15 heavy (non-hydrogen) atoms. The molecule has 0 fully saturated rings. The molecule has 0 saturated heterocycles. The molecule has 6 heteroatoms. The molecule has 2 rings (SSSR count). The molecule has 0 spiro atoms. The van der Waals surface area contributed by atoms with E-state index in [4.69, 9.17) is 21.0 Å². The summed E-state index contributed by atoms with van der Waals surface area (Å²) < 4.78 is 6.14. The van der Waals surface area contributed by atoms with Gasteiger partial charge in [-0.1, -0.05) is 0 Å². The number of anilines is 1. The summed E-state index contributed by atoms with van der Waals surface area (Å²) in [5, 5.41) is 19.2. The molecule has 0 radical (unpaired) electrons. The van der Waals surface area contributed by atoms with E-state index in [1.54, 1.807) is 12.1 Å². The molecule has 0 amide bonds. The van der Waals surface area contributed by atoms with Crippen LogP contribution in [0.15, 0.2) is 34.9 Å². The van der Waals surface area contributed by atoms with Crippen molar-refractivity contribution in [3.05, 3.63) is 41.8 Å². The summed E-state index contributed by atoms with van der Waals surface area (Å²) in [6.07, 6.45) is 1.46. The first kappa shape index (κ1) is 9.20. The zero-order valence-corrected chi connectivity index (χ0v) is 7.77. The van der Waals surface area contributed by atoms with E-state index in [0.29, 0.717) is 5.76 Å². The van der Waals surface area contributed by atoms with Gasteiger partial charge in [-0.25, -0.2) is 0 Å². The summed E-state index contributed by atoms with van der Waals surface area (Å²) in [7, 11) is 0. The first-order valence-electron chi connectivity index (χ1n) is 4.22. The Kier molecular flexibility index (Phi) is 2.09. The first-order chi connectivity index (χ1) is 7.18. The second-order valence-corrected chi connectivity index (χ2v) is 2.88. The smallest absolute Gasteiger partial charge is 0.191 e. The third-order valence-electron chi connectivity index (χ3n) is 1.82. The third kappa shape index (κ3) is 1.64. The Morgan fingerprint density at radius 1 is 1.40 bits per heavy atom. The van der Waals surface area contributed by atoms with Gasteiger partial charge in [-0.05, 0) is 24.3 Å². The van der Waals surface area contributed by atoms with E-state index in [-0.39, 0.29) is 17.1 Å². The second kappa shape index (κ2) is 3.41. The lowest BCUT2D eigenvalue weighted by atomic mass is 10.4. The van der Waals surface area contributed by atoms with Crippen LogP contribution in [0.25, 0.3) is 0 Å². The minimum absolute atomic E-state index is 0.0164. The zero-order chi connectivity index (χ0) is 10.8. The maximum atomic E-state index is 7.76. The topological polar surface area (TPSA) is 105 Å². The Morgan fingerprint density at radius 2 is 2.20 bits per heavy atom. The highest BCUT2D eigenvalue weighted by Gasteiger charge is 2.08. The molecule has 0 aliphatic carbocycles. The van der Waals surface area contributed by atoms with E-state index >= 15 is 0 Å². The van der Waals surface area contributed by atoms with Crippen molar-refractivity contribution < 1.29 is 4.42 Å². The molecular formula is C9H9N5O. The largest absolute Gasteiger partial charge is 0.461 e. The van der Waals surface area contributed by atoms with Crippen LogP contribution < -0.4 is 11.2 Å². The fraction of sp³-hybridized carbons (Fsp3) is 0. The molecule has 0 aromatic carbocycles. The number of furan rings is 1. The molecule has 0 unspecified atom stereocenters. The van der Waals surface area contributed by atoms with Crippen LogP contribution in [0.2, 0.25) is 0 Å². The molecule has 6 nitrogen and oxygen atoms in total. The number of nitrogens with two attached hydrogens (primary N) is 1. The predicted octanol–water partition coefficient (Wildman–Crippen LogP) is 0.411. The summed E-state index contributed by atoms with van der Waals surface area (Å²) in [6.45, 7) is 0. The van der Waals surface area contributed by atoms with Gasteiger partial charge in [0.15, 0.2) is 11.6 Å². The number of hydrogen-bond acceptors (Lipinski definition) is 5. The molecule has 2 aromatic heterocycles. The Bertz CT molecular complexity index is 540. The van der Waals surface area contributed by atoms with Gasteiger partial charge in [0, 0.05) is 0 Å². The van der Waals surface area contributed by atoms with Crippen molar-refractivity contribution in [2.45, 2.75) is 0 Å². The quantitative estimate of drug-likeness (QED) is 0.461. The third-order valence-corrected chi connectivity index (χ3v) is 1.82. The van der Waals surface area contributed by atoms with Crippen LogP contribution in [-0.2, 0) is 0 Å². The maximum absolute atomic E-state index is 7.76. The summed E-state index contributed by atoms with van der Waals surface area (Å²) in [6, 6.07) is 6.27. The van der Waals surface area contributed by atoms with Crippen LogP contribution in [0, 0.1) is 10.8 Å². The molecule has 2 aromatic rings. The lowest BCUT2D eigenvalue weighted by molar-refractivity contribution is 0.550. The molecule has 0 bridgehead atoms. The number of aromatic nitrogens is 2. The summed E-state index contributed by atoms with van der Waals surface area (Å²) in [5.74, 6) is 0.575. The van der Waals surface area contributed by atoms with Crippen molar-refractivity contribution in [2.24, 2.45) is 0 Å². The first-order valence-corrected chi connectivity index (χ1v) is 4.22. The normalized spacial score (nSPS) is 10.1. The minimum atomic E-state index is -0.0164. The van der Waals surface area contributed by atoms with Crippen molar-refractivity contribution in [2.75, 3.05) is 5.73 Å². The van der Waals surface area contributed by atoms with Crippen LogP contribution in [0.3, 0.4) is 0 Å². The van der Waals surface area contributed by atoms with Gasteiger partial charge in [0.25, 0.3) is 0 Å². The van der Waals surface area contributed by atoms with E-state index < -0.39 is 0 Å². The minimum Gasteiger partial charge on any atom is -0.461 e. The summed E-state index contributed by atoms with van der Waals surface area (Å²) >= 11 is 0. The fourth-order valence-electron chi connectivity index (χ4n) is 1.13. The van der Waals surface area contributed by atoms with Crippen LogP contribution >= 0.6 is 0 Å². The Hall–Kier alpha value is -2.37. The lowest BCUT2D eigenvalue weighted by Gasteiger charge is -2.04. The number of nitrogen functional groups attached to an aromatic ring is 1. The van der Waals surface area contributed by atoms with Gasteiger partial charge in [0.05, 0.1) is 6.26 Å². The monoisotopic (exact) mass is 203 g/mol. The molecule has 0 aliphatic heterocycles. The van der Waals surface area contributed by atoms with Crippen molar-refractivity contribution >= 4 is 11.7 Å². The molecule has 0 atom stereocenters. The highest BCUT2D eigenvalue weighted by Crippen LogP contribution is 2.01. The number of nitrogens with zero attached hydrogens (tertiary/aromatic N) is 2. The Labute approximate surface area is 85.0 Å². The van der Waals surface area contributed by atoms with Crippen LogP contribution in [0.4, 0.5) is 5.82 Å². The van der Waals surface area contributed by atoms with E-state index in [1.807, 2.05) is 0 Å². The standard InChI is InChI=1S/C9H9N5O/c10-7-3-4-8(11)14(13-7)9(12)6-2-1-5-15-6/h1-5,11-12H,(H2,10,13). The number of rotatable bonds is 1. The molecule has 4 N–H and O–H groups in total. The van der Waals surface area contributed by atoms with Gasteiger partial charge in [0.1, 0.15) is 11.3 Å². The van der Waals surface area contributed by atoms with Crippen molar-refractivity contribution in [3.63, 3.8) is 0 Å². The predicted molar refractivity (Wildman–Crippen MR) is 53.4 cm³/mol. The highest BCUT2D eigenvalue weighted by molar-refractivity contribution is 5.94. The maximum Gasteiger partial charge on any atom is 0.191 e. The summed E-state index contributed by atoms with van der Waals surface area (Å²) in [5.41, 5.74) is 5.55. The van der Waals surface area contributed by atoms with Crippen LogP contribution in [-0.4, -0.2) is 15.6 Å². The van der Waals surface area contributed by atoms with Gasteiger partial charge < -0.3 is 10.2 Å². The highest BCUT2D eigenvalue weighted by atomic mass is 16.3. The van der Waals surface area contributed by atoms with Gasteiger partial charge in [0.2, 0.25) is 0 Å². The van der Waals surface area contributed by atoms with Crippen molar-refractivity contribution in [1.29, 1.82) is 10.8 Å². The average molecular weight is 203 g/mol. The van der Waals surface area contributed by atoms with Crippen LogP contribution in [0.1, 0.15) is 5.76 Å². The van der Waals surface area contributed by atoms with Gasteiger partial charge in [-0.3, -0.25) is 10.8 Å². The van der Waals surface area contributed by atoms with Crippen LogP contribution in [0.5, 0.6) is 0 Å². The van der Waals surface area contributed by atoms with Gasteiger partial charge >= 0.3 is 0 Å². The molecule has 0 aliphatic rings. The zero-order valence-electron chi connectivity index (χ0n) is 7.77. The molecule has 2 heterocycles. The number of hydrogen-bond donors (Lipinski definition) is 3. The van der Waals surface area contributed by atoms with E-state index in [2.05, 4.69) is 5.10 Å². The second-order valence-electron chi connectivity index (χ2n) is 2.88. The van der Waals surface area contributed by atoms with Gasteiger partial charge in [-0.2, -0.15) is 4.68 Å². The van der Waals surface area contributed by atoms with E-state index in [0.717, 1.165) is 4.68 Å². The molecular weight excluding hydrogens is 194 g/mol. The van der Waals surface area contributed by atoms with E-state index in [9.17, 15) is 0 Å². The lowest BCUT2D eigenvalue weighted by Crippen LogP contribution is -2.29. The number of nitrogens with one attached hydrogen (secondary N) is 2. The van der Waals surface area contributed by atoms with E-state index in [1.165, 1.54) is 18.4 Å². The van der Waals surface area contributed by atoms with Crippen molar-refractivity contribution in [3.8, 4) is 0 Å². The summed E-state index contributed by atoms with van der Waals surface area (Å²) in [4.78, 5) is 0. The van der Waals surface area contributed by atoms with Crippen molar-refractivity contribution in [1.82, 2.24) is 9.78 Å². The molecule has 0 saturated carbocycles. The molecule has 76 valence electrons. The SMILES string of the molecule is N=C(c1ccco1)n1nc(N)ccc1=N.